The lowest BCUT2D eigenvalue weighted by molar-refractivity contribution is -0.136. The van der Waals surface area contributed by atoms with Gasteiger partial charge in [0.1, 0.15) is 11.9 Å². The molecule has 10 nitrogen and oxygen atoms in total. The minimum absolute atomic E-state index is 0.0418. The Labute approximate surface area is 225 Å². The van der Waals surface area contributed by atoms with E-state index in [2.05, 4.69) is 10.3 Å². The second kappa shape index (κ2) is 10.0. The molecular weight excluding hydrogens is 530 g/mol. The number of amides is 3. The molecule has 38 heavy (non-hydrogen) atoms. The number of rotatable bonds is 6. The molecule has 1 saturated heterocycles. The molecule has 2 aliphatic rings. The summed E-state index contributed by atoms with van der Waals surface area (Å²) in [6.45, 7) is 4.22. The molecular formula is C26H28ClN5O5S. The van der Waals surface area contributed by atoms with E-state index in [0.29, 0.717) is 48.7 Å². The molecule has 2 aliphatic heterocycles. The number of imidazole rings is 1. The Bertz CT molecular complexity index is 1540. The lowest BCUT2D eigenvalue weighted by atomic mass is 10.0. The van der Waals surface area contributed by atoms with Gasteiger partial charge in [-0.3, -0.25) is 14.2 Å². The molecule has 0 saturated carbocycles. The van der Waals surface area contributed by atoms with E-state index in [4.69, 9.17) is 11.6 Å². The molecule has 1 N–H and O–H groups in total. The Morgan fingerprint density at radius 2 is 1.82 bits per heavy atom. The number of piperidine rings is 1. The number of carbonyl (C=O) groups is 3. The summed E-state index contributed by atoms with van der Waals surface area (Å²) in [5.74, 6) is -0.852. The van der Waals surface area contributed by atoms with E-state index in [1.165, 1.54) is 13.0 Å². The average Bonchev–Trinajstić information content (AvgIpc) is 3.41. The predicted molar refractivity (Wildman–Crippen MR) is 142 cm³/mol. The van der Waals surface area contributed by atoms with Gasteiger partial charge in [0.05, 0.1) is 29.1 Å². The van der Waals surface area contributed by atoms with E-state index in [1.54, 1.807) is 57.8 Å². The second-order valence-electron chi connectivity index (χ2n) is 9.79. The highest BCUT2D eigenvalue weighted by Crippen LogP contribution is 2.27. The molecule has 5 rings (SSSR count). The standard InChI is InChI=1S/C26H28ClN5O5S/c1-16-28-13-22-14-31(26(35)32(16)22)21-7-9-30(10-8-21)25(34)24(29-17(2)33)15-38(36,37)23-6-4-18-11-20(27)5-3-19(18)12-23/h3-6,11-13,21,24H,7-10,14-15H2,1-2H3,(H,29,33)/t24-/m1/s1. The van der Waals surface area contributed by atoms with Crippen molar-refractivity contribution < 1.29 is 22.8 Å². The fraction of sp³-hybridized carbons (Fsp3) is 0.385. The molecule has 1 atom stereocenters. The summed E-state index contributed by atoms with van der Waals surface area (Å²) in [6, 6.07) is 8.47. The van der Waals surface area contributed by atoms with Gasteiger partial charge in [-0.15, -0.1) is 0 Å². The molecule has 1 aromatic heterocycles. The number of likely N-dealkylation sites (tertiary alicyclic amines) is 1. The van der Waals surface area contributed by atoms with Crippen molar-refractivity contribution >= 4 is 50.1 Å². The zero-order valence-corrected chi connectivity index (χ0v) is 22.6. The molecule has 0 unspecified atom stereocenters. The van der Waals surface area contributed by atoms with Gasteiger partial charge in [0.2, 0.25) is 11.8 Å². The first-order valence-electron chi connectivity index (χ1n) is 12.4. The van der Waals surface area contributed by atoms with Crippen molar-refractivity contribution in [2.24, 2.45) is 0 Å². The van der Waals surface area contributed by atoms with E-state index in [0.717, 1.165) is 11.1 Å². The fourth-order valence-electron chi connectivity index (χ4n) is 5.26. The number of hydrogen-bond acceptors (Lipinski definition) is 6. The first-order chi connectivity index (χ1) is 18.0. The molecule has 0 aliphatic carbocycles. The first-order valence-corrected chi connectivity index (χ1v) is 14.4. The van der Waals surface area contributed by atoms with E-state index in [-0.39, 0.29) is 17.0 Å². The van der Waals surface area contributed by atoms with Crippen LogP contribution in [0.1, 0.15) is 31.3 Å². The maximum absolute atomic E-state index is 13.4. The summed E-state index contributed by atoms with van der Waals surface area (Å²) in [5.41, 5.74) is 0.846. The number of aromatic nitrogens is 2. The van der Waals surface area contributed by atoms with Gasteiger partial charge < -0.3 is 15.1 Å². The second-order valence-corrected chi connectivity index (χ2v) is 12.3. The number of fused-ring (bicyclic) bond motifs is 2. The third kappa shape index (κ3) is 5.00. The number of carbonyl (C=O) groups excluding carboxylic acids is 3. The lowest BCUT2D eigenvalue weighted by Crippen LogP contribution is -2.55. The molecule has 0 spiro atoms. The first kappa shape index (κ1) is 26.2. The predicted octanol–water partition coefficient (Wildman–Crippen LogP) is 2.75. The highest BCUT2D eigenvalue weighted by Gasteiger charge is 2.38. The monoisotopic (exact) mass is 557 g/mol. The van der Waals surface area contributed by atoms with Crippen molar-refractivity contribution in [3.8, 4) is 0 Å². The molecule has 2 aromatic carbocycles. The number of sulfone groups is 1. The number of aryl methyl sites for hydroxylation is 1. The third-order valence-corrected chi connectivity index (χ3v) is 9.17. The van der Waals surface area contributed by atoms with Crippen LogP contribution in [-0.4, -0.2) is 76.5 Å². The van der Waals surface area contributed by atoms with Crippen molar-refractivity contribution in [1.82, 2.24) is 24.7 Å². The Morgan fingerprint density at radius 1 is 1.13 bits per heavy atom. The van der Waals surface area contributed by atoms with Crippen LogP contribution in [0.25, 0.3) is 10.8 Å². The lowest BCUT2D eigenvalue weighted by Gasteiger charge is -2.37. The maximum Gasteiger partial charge on any atom is 0.330 e. The normalized spacial score (nSPS) is 17.1. The van der Waals surface area contributed by atoms with Gasteiger partial charge in [0.15, 0.2) is 9.84 Å². The van der Waals surface area contributed by atoms with Crippen LogP contribution in [0.4, 0.5) is 4.79 Å². The molecule has 1 fully saturated rings. The van der Waals surface area contributed by atoms with Crippen molar-refractivity contribution in [1.29, 1.82) is 0 Å². The number of halogens is 1. The van der Waals surface area contributed by atoms with Crippen LogP contribution >= 0.6 is 11.6 Å². The smallest absolute Gasteiger partial charge is 0.330 e. The summed E-state index contributed by atoms with van der Waals surface area (Å²) in [6.07, 6.45) is 2.82. The van der Waals surface area contributed by atoms with E-state index in [9.17, 15) is 22.8 Å². The van der Waals surface area contributed by atoms with Gasteiger partial charge in [-0.05, 0) is 54.8 Å². The van der Waals surface area contributed by atoms with Gasteiger partial charge in [-0.1, -0.05) is 23.7 Å². The zero-order valence-electron chi connectivity index (χ0n) is 21.1. The largest absolute Gasteiger partial charge is 0.344 e. The van der Waals surface area contributed by atoms with Crippen molar-refractivity contribution in [3.05, 3.63) is 59.1 Å². The van der Waals surface area contributed by atoms with Crippen molar-refractivity contribution in [3.63, 3.8) is 0 Å². The number of nitrogens with one attached hydrogen (secondary N) is 1. The van der Waals surface area contributed by atoms with Crippen molar-refractivity contribution in [2.45, 2.75) is 50.2 Å². The Kier molecular flexibility index (Phi) is 6.91. The SMILES string of the molecule is CC(=O)N[C@H](CS(=O)(=O)c1ccc2cc(Cl)ccc2c1)C(=O)N1CCC(N2Cc3cnc(C)n3C2=O)CC1. The van der Waals surface area contributed by atoms with Gasteiger partial charge >= 0.3 is 6.03 Å². The minimum Gasteiger partial charge on any atom is -0.344 e. The summed E-state index contributed by atoms with van der Waals surface area (Å²) >= 11 is 6.03. The van der Waals surface area contributed by atoms with E-state index in [1.807, 2.05) is 0 Å². The zero-order chi connectivity index (χ0) is 27.2. The van der Waals surface area contributed by atoms with Gasteiger partial charge in [0.25, 0.3) is 0 Å². The van der Waals surface area contributed by atoms with Gasteiger partial charge in [-0.25, -0.2) is 18.2 Å². The highest BCUT2D eigenvalue weighted by molar-refractivity contribution is 7.91. The Morgan fingerprint density at radius 3 is 2.50 bits per heavy atom. The van der Waals surface area contributed by atoms with Crippen LogP contribution in [0.5, 0.6) is 0 Å². The molecule has 3 aromatic rings. The number of hydrogen-bond donors (Lipinski definition) is 1. The topological polar surface area (TPSA) is 122 Å². The molecule has 0 radical (unpaired) electrons. The maximum atomic E-state index is 13.4. The number of benzene rings is 2. The number of nitrogens with zero attached hydrogens (tertiary/aromatic N) is 4. The van der Waals surface area contributed by atoms with Crippen molar-refractivity contribution in [2.75, 3.05) is 18.8 Å². The quantitative estimate of drug-likeness (QED) is 0.497. The van der Waals surface area contributed by atoms with Crippen LogP contribution in [0.15, 0.2) is 47.5 Å². The molecule has 0 bridgehead atoms. The van der Waals surface area contributed by atoms with E-state index >= 15 is 0 Å². The summed E-state index contributed by atoms with van der Waals surface area (Å²) in [5, 5.41) is 4.58. The Hall–Kier alpha value is -3.44. The highest BCUT2D eigenvalue weighted by atomic mass is 35.5. The van der Waals surface area contributed by atoms with Crippen LogP contribution in [0.3, 0.4) is 0 Å². The van der Waals surface area contributed by atoms with Gasteiger partial charge in [0, 0.05) is 31.1 Å². The van der Waals surface area contributed by atoms with Crippen LogP contribution in [0, 0.1) is 6.92 Å². The average molecular weight is 558 g/mol. The summed E-state index contributed by atoms with van der Waals surface area (Å²) < 4.78 is 28.2. The third-order valence-electron chi connectivity index (χ3n) is 7.19. The minimum atomic E-state index is -3.91. The molecule has 200 valence electrons. The molecule has 12 heteroatoms. The van der Waals surface area contributed by atoms with Gasteiger partial charge in [-0.2, -0.15) is 0 Å². The molecule has 3 heterocycles. The summed E-state index contributed by atoms with van der Waals surface area (Å²) in [7, 11) is -3.91. The van der Waals surface area contributed by atoms with Crippen LogP contribution in [0.2, 0.25) is 5.02 Å². The Balaban J connectivity index is 1.27. The fourth-order valence-corrected chi connectivity index (χ4v) is 6.88. The van der Waals surface area contributed by atoms with Crippen LogP contribution in [-0.2, 0) is 26.0 Å². The van der Waals surface area contributed by atoms with E-state index < -0.39 is 33.4 Å². The summed E-state index contributed by atoms with van der Waals surface area (Å²) in [4.78, 5) is 45.8. The van der Waals surface area contributed by atoms with Crippen LogP contribution < -0.4 is 5.32 Å². The molecule has 3 amide bonds.